The number of rotatable bonds is 7. The molecule has 35 heavy (non-hydrogen) atoms. The zero-order chi connectivity index (χ0) is 24.8. The number of hydrogen-bond acceptors (Lipinski definition) is 6. The Bertz CT molecular complexity index is 1450. The number of esters is 1. The summed E-state index contributed by atoms with van der Waals surface area (Å²) in [6.07, 6.45) is 1.41. The summed E-state index contributed by atoms with van der Waals surface area (Å²) in [5.74, 6) is -1.07. The molecule has 4 rings (SSSR count). The van der Waals surface area contributed by atoms with E-state index in [4.69, 9.17) is 16.3 Å². The van der Waals surface area contributed by atoms with Crippen LogP contribution in [0.5, 0.6) is 5.75 Å². The fourth-order valence-corrected chi connectivity index (χ4v) is 5.09. The van der Waals surface area contributed by atoms with Crippen molar-refractivity contribution in [3.05, 3.63) is 97.4 Å². The number of amides is 2. The molecule has 2 amide bonds. The molecule has 0 saturated carbocycles. The van der Waals surface area contributed by atoms with Crippen molar-refractivity contribution in [2.75, 3.05) is 6.54 Å². The summed E-state index contributed by atoms with van der Waals surface area (Å²) in [5, 5.41) is 7.61. The van der Waals surface area contributed by atoms with Crippen molar-refractivity contribution in [3.63, 3.8) is 0 Å². The van der Waals surface area contributed by atoms with Crippen LogP contribution in [0.25, 0.3) is 10.1 Å². The Balaban J connectivity index is 1.32. The molecule has 0 aliphatic carbocycles. The first-order valence-electron chi connectivity index (χ1n) is 10.3. The van der Waals surface area contributed by atoms with E-state index in [-0.39, 0.29) is 12.5 Å². The molecular weight excluding hydrogens is 601 g/mol. The van der Waals surface area contributed by atoms with Crippen molar-refractivity contribution in [2.45, 2.75) is 0 Å². The SMILES string of the molecule is O=C(CNC(=O)c1ccccc1I)N/N=C\c1cccc(OC(=O)c2sc3ccccc3c2Cl)c1. The monoisotopic (exact) mass is 617 g/mol. The van der Waals surface area contributed by atoms with Crippen molar-refractivity contribution in [1.29, 1.82) is 0 Å². The summed E-state index contributed by atoms with van der Waals surface area (Å²) >= 11 is 9.68. The van der Waals surface area contributed by atoms with Gasteiger partial charge in [-0.05, 0) is 58.5 Å². The Morgan fingerprint density at radius 1 is 1.03 bits per heavy atom. The van der Waals surface area contributed by atoms with Crippen molar-refractivity contribution >= 4 is 79.6 Å². The average Bonchev–Trinajstić information content (AvgIpc) is 3.20. The molecule has 1 aromatic heterocycles. The van der Waals surface area contributed by atoms with Crippen LogP contribution in [0.2, 0.25) is 5.02 Å². The maximum absolute atomic E-state index is 12.6. The maximum atomic E-state index is 12.6. The minimum Gasteiger partial charge on any atom is -0.422 e. The van der Waals surface area contributed by atoms with Crippen molar-refractivity contribution in [3.8, 4) is 5.75 Å². The molecule has 0 saturated heterocycles. The van der Waals surface area contributed by atoms with Crippen LogP contribution >= 0.6 is 45.5 Å². The lowest BCUT2D eigenvalue weighted by atomic mass is 10.2. The molecule has 0 unspecified atom stereocenters. The van der Waals surface area contributed by atoms with E-state index in [1.165, 1.54) is 17.6 Å². The highest BCUT2D eigenvalue weighted by molar-refractivity contribution is 14.1. The van der Waals surface area contributed by atoms with Gasteiger partial charge in [0.1, 0.15) is 10.6 Å². The Kier molecular flexibility index (Phi) is 8.11. The van der Waals surface area contributed by atoms with Crippen LogP contribution in [0.15, 0.2) is 77.9 Å². The Morgan fingerprint density at radius 2 is 1.80 bits per heavy atom. The number of carbonyl (C=O) groups is 3. The highest BCUT2D eigenvalue weighted by atomic mass is 127. The van der Waals surface area contributed by atoms with Gasteiger partial charge in [0.05, 0.1) is 23.3 Å². The standard InChI is InChI=1S/C25H17ClIN3O4S/c26-22-18-9-2-4-11-20(18)35-23(22)25(33)34-16-7-5-6-15(12-16)13-29-30-21(31)14-28-24(32)17-8-1-3-10-19(17)27/h1-13H,14H2,(H,28,32)(H,30,31)/b29-13-. The lowest BCUT2D eigenvalue weighted by Crippen LogP contribution is -2.35. The van der Waals surface area contributed by atoms with Gasteiger partial charge in [-0.3, -0.25) is 9.59 Å². The van der Waals surface area contributed by atoms with Gasteiger partial charge in [0.25, 0.3) is 11.8 Å². The summed E-state index contributed by atoms with van der Waals surface area (Å²) in [6, 6.07) is 21.2. The van der Waals surface area contributed by atoms with Crippen LogP contribution in [-0.4, -0.2) is 30.5 Å². The number of carbonyl (C=O) groups excluding carboxylic acids is 3. The number of hydrogen-bond donors (Lipinski definition) is 2. The number of nitrogens with one attached hydrogen (secondary N) is 2. The molecule has 0 radical (unpaired) electrons. The van der Waals surface area contributed by atoms with Crippen LogP contribution in [0.1, 0.15) is 25.6 Å². The van der Waals surface area contributed by atoms with Crippen LogP contribution in [0, 0.1) is 3.57 Å². The van der Waals surface area contributed by atoms with E-state index < -0.39 is 11.9 Å². The third-order valence-corrected chi connectivity index (χ3v) is 7.32. The molecule has 1 heterocycles. The molecule has 3 aromatic carbocycles. The highest BCUT2D eigenvalue weighted by Gasteiger charge is 2.19. The molecule has 10 heteroatoms. The van der Waals surface area contributed by atoms with E-state index in [9.17, 15) is 14.4 Å². The maximum Gasteiger partial charge on any atom is 0.355 e. The van der Waals surface area contributed by atoms with Crippen LogP contribution in [0.3, 0.4) is 0 Å². The predicted octanol–water partition coefficient (Wildman–Crippen LogP) is 5.26. The summed E-state index contributed by atoms with van der Waals surface area (Å²) in [5.41, 5.74) is 3.44. The quantitative estimate of drug-likeness (QED) is 0.0973. The third-order valence-electron chi connectivity index (χ3n) is 4.72. The summed E-state index contributed by atoms with van der Waals surface area (Å²) in [4.78, 5) is 37.2. The van der Waals surface area contributed by atoms with Crippen LogP contribution in [0.4, 0.5) is 0 Å². The molecule has 7 nitrogen and oxygen atoms in total. The van der Waals surface area contributed by atoms with Crippen molar-refractivity contribution < 1.29 is 19.1 Å². The number of benzene rings is 3. The molecule has 0 atom stereocenters. The molecule has 0 aliphatic rings. The van der Waals surface area contributed by atoms with Gasteiger partial charge in [-0.2, -0.15) is 5.10 Å². The van der Waals surface area contributed by atoms with Gasteiger partial charge < -0.3 is 10.1 Å². The number of ether oxygens (including phenoxy) is 1. The van der Waals surface area contributed by atoms with Gasteiger partial charge in [-0.1, -0.05) is 54.1 Å². The van der Waals surface area contributed by atoms with Gasteiger partial charge in [0, 0.05) is 13.7 Å². The van der Waals surface area contributed by atoms with Gasteiger partial charge in [-0.15, -0.1) is 11.3 Å². The lowest BCUT2D eigenvalue weighted by molar-refractivity contribution is -0.120. The largest absolute Gasteiger partial charge is 0.422 e. The molecule has 0 fully saturated rings. The second kappa shape index (κ2) is 11.4. The molecule has 176 valence electrons. The van der Waals surface area contributed by atoms with Gasteiger partial charge in [0.15, 0.2) is 0 Å². The van der Waals surface area contributed by atoms with E-state index in [0.717, 1.165) is 13.7 Å². The summed E-state index contributed by atoms with van der Waals surface area (Å²) in [6.45, 7) is -0.227. The summed E-state index contributed by atoms with van der Waals surface area (Å²) < 4.78 is 7.17. The van der Waals surface area contributed by atoms with E-state index in [1.54, 1.807) is 36.4 Å². The molecular formula is C25H17ClIN3O4S. The molecule has 0 aliphatic heterocycles. The molecule has 2 N–H and O–H groups in total. The molecule has 4 aromatic rings. The minimum absolute atomic E-state index is 0.227. The second-order valence-corrected chi connectivity index (χ2v) is 9.75. The van der Waals surface area contributed by atoms with Gasteiger partial charge in [0.2, 0.25) is 0 Å². The number of fused-ring (bicyclic) bond motifs is 1. The first kappa shape index (κ1) is 24.8. The van der Waals surface area contributed by atoms with Crippen LogP contribution < -0.4 is 15.5 Å². The molecule has 0 spiro atoms. The van der Waals surface area contributed by atoms with E-state index in [2.05, 4.69) is 38.4 Å². The smallest absolute Gasteiger partial charge is 0.355 e. The van der Waals surface area contributed by atoms with E-state index in [1.807, 2.05) is 36.4 Å². The number of hydrazone groups is 1. The minimum atomic E-state index is -0.553. The first-order valence-corrected chi connectivity index (χ1v) is 12.5. The van der Waals surface area contributed by atoms with Crippen molar-refractivity contribution in [1.82, 2.24) is 10.7 Å². The normalized spacial score (nSPS) is 10.9. The zero-order valence-electron chi connectivity index (χ0n) is 18.0. The van der Waals surface area contributed by atoms with Gasteiger partial charge in [-0.25, -0.2) is 10.2 Å². The fourth-order valence-electron chi connectivity index (χ4n) is 3.08. The highest BCUT2D eigenvalue weighted by Crippen LogP contribution is 2.35. The van der Waals surface area contributed by atoms with E-state index in [0.29, 0.717) is 26.8 Å². The van der Waals surface area contributed by atoms with Crippen LogP contribution in [-0.2, 0) is 4.79 Å². The number of thiophene rings is 1. The first-order chi connectivity index (χ1) is 16.9. The zero-order valence-corrected chi connectivity index (χ0v) is 21.7. The summed E-state index contributed by atoms with van der Waals surface area (Å²) in [7, 11) is 0. The Hall–Kier alpha value is -3.28. The molecule has 0 bridgehead atoms. The Labute approximate surface area is 223 Å². The average molecular weight is 618 g/mol. The topological polar surface area (TPSA) is 96.9 Å². The number of nitrogens with zero attached hydrogens (tertiary/aromatic N) is 1. The Morgan fingerprint density at radius 3 is 2.60 bits per heavy atom. The fraction of sp³-hybridized carbons (Fsp3) is 0.0400. The second-order valence-electron chi connectivity index (χ2n) is 7.16. The predicted molar refractivity (Wildman–Crippen MR) is 145 cm³/mol. The third kappa shape index (κ3) is 6.24. The van der Waals surface area contributed by atoms with E-state index >= 15 is 0 Å². The van der Waals surface area contributed by atoms with Gasteiger partial charge >= 0.3 is 5.97 Å². The van der Waals surface area contributed by atoms with Crippen molar-refractivity contribution in [2.24, 2.45) is 5.10 Å². The lowest BCUT2D eigenvalue weighted by Gasteiger charge is -2.06. The number of halogens is 2.